The van der Waals surface area contributed by atoms with E-state index in [1.165, 1.54) is 28.7 Å². The van der Waals surface area contributed by atoms with Gasteiger partial charge in [0.2, 0.25) is 21.8 Å². The maximum atomic E-state index is 13.1. The largest absolute Gasteiger partial charge is 0.437 e. The Balaban J connectivity index is 1.73. The predicted molar refractivity (Wildman–Crippen MR) is 108 cm³/mol. The number of sulfonamides is 1. The van der Waals surface area contributed by atoms with E-state index in [9.17, 15) is 13.2 Å². The molecule has 1 fully saturated rings. The van der Waals surface area contributed by atoms with Crippen LogP contribution in [0.1, 0.15) is 25.5 Å². The molecule has 0 saturated carbocycles. The fourth-order valence-electron chi connectivity index (χ4n) is 3.15. The molecule has 2 heterocycles. The molecule has 1 N–H and O–H groups in total. The molecule has 154 valence electrons. The number of ether oxygens (including phenoxy) is 1. The van der Waals surface area contributed by atoms with Gasteiger partial charge in [-0.2, -0.15) is 4.31 Å². The van der Waals surface area contributed by atoms with Crippen LogP contribution in [0.15, 0.2) is 54.2 Å². The van der Waals surface area contributed by atoms with Crippen LogP contribution in [0.25, 0.3) is 0 Å². The smallest absolute Gasteiger partial charge is 0.243 e. The van der Waals surface area contributed by atoms with Crippen molar-refractivity contribution in [3.05, 3.63) is 55.0 Å². The molecule has 0 spiro atoms. The molecule has 0 atom stereocenters. The molecule has 3 rings (SSSR count). The lowest BCUT2D eigenvalue weighted by atomic mass is 9.90. The summed E-state index contributed by atoms with van der Waals surface area (Å²) < 4.78 is 33.2. The summed E-state index contributed by atoms with van der Waals surface area (Å²) in [6.07, 6.45) is 5.33. The summed E-state index contributed by atoms with van der Waals surface area (Å²) in [6, 6.07) is 6.31. The molecule has 8 nitrogen and oxygen atoms in total. The van der Waals surface area contributed by atoms with Crippen molar-refractivity contribution in [3.8, 4) is 11.6 Å². The topological polar surface area (TPSA) is 101 Å². The first-order valence-electron chi connectivity index (χ1n) is 9.23. The number of hydrogen-bond donors (Lipinski definition) is 1. The number of piperidine rings is 1. The molecule has 1 aliphatic rings. The Hall–Kier alpha value is -2.78. The second kappa shape index (κ2) is 8.30. The maximum Gasteiger partial charge on any atom is 0.243 e. The van der Waals surface area contributed by atoms with Gasteiger partial charge in [0.25, 0.3) is 0 Å². The van der Waals surface area contributed by atoms with E-state index in [1.54, 1.807) is 25.3 Å². The fraction of sp³-hybridized carbons (Fsp3) is 0.350. The molecule has 1 aromatic heterocycles. The second-order valence-electron chi connectivity index (χ2n) is 7.23. The van der Waals surface area contributed by atoms with Gasteiger partial charge in [-0.05, 0) is 44.9 Å². The normalized spacial score (nSPS) is 16.8. The Morgan fingerprint density at radius 1 is 1.31 bits per heavy atom. The molecule has 1 aliphatic heterocycles. The minimum atomic E-state index is -3.68. The van der Waals surface area contributed by atoms with Gasteiger partial charge < -0.3 is 10.1 Å². The van der Waals surface area contributed by atoms with Crippen LogP contribution in [0.4, 0.5) is 0 Å². The first-order chi connectivity index (χ1) is 13.7. The average molecular weight is 417 g/mol. The molecule has 0 bridgehead atoms. The fourth-order valence-corrected chi connectivity index (χ4v) is 4.63. The van der Waals surface area contributed by atoms with Crippen molar-refractivity contribution < 1.29 is 17.9 Å². The zero-order valence-corrected chi connectivity index (χ0v) is 17.3. The van der Waals surface area contributed by atoms with Crippen LogP contribution in [0.2, 0.25) is 0 Å². The van der Waals surface area contributed by atoms with Crippen molar-refractivity contribution in [1.29, 1.82) is 0 Å². The van der Waals surface area contributed by atoms with E-state index in [4.69, 9.17) is 4.74 Å². The number of rotatable bonds is 6. The van der Waals surface area contributed by atoms with Gasteiger partial charge in [-0.15, -0.1) is 0 Å². The minimum absolute atomic E-state index is 0.148. The highest BCUT2D eigenvalue weighted by Gasteiger charge is 2.36. The summed E-state index contributed by atoms with van der Waals surface area (Å²) in [5, 5.41) is 2.89. The lowest BCUT2D eigenvalue weighted by Gasteiger charge is -2.39. The first kappa shape index (κ1) is 20.9. The molecule has 1 amide bonds. The lowest BCUT2D eigenvalue weighted by Crippen LogP contribution is -2.53. The quantitative estimate of drug-likeness (QED) is 0.726. The molecule has 9 heteroatoms. The number of aryl methyl sites for hydroxylation is 1. The van der Waals surface area contributed by atoms with Crippen LogP contribution in [0.3, 0.4) is 0 Å². The molecule has 0 aliphatic carbocycles. The maximum absolute atomic E-state index is 13.1. The van der Waals surface area contributed by atoms with Crippen LogP contribution in [0.5, 0.6) is 11.6 Å². The highest BCUT2D eigenvalue weighted by Crippen LogP contribution is 2.29. The summed E-state index contributed by atoms with van der Waals surface area (Å²) in [5.74, 6) is 0.408. The van der Waals surface area contributed by atoms with E-state index in [1.807, 2.05) is 6.92 Å². The zero-order valence-electron chi connectivity index (χ0n) is 16.5. The zero-order chi connectivity index (χ0) is 21.1. The third kappa shape index (κ3) is 4.99. The van der Waals surface area contributed by atoms with Crippen molar-refractivity contribution in [2.75, 3.05) is 13.1 Å². The van der Waals surface area contributed by atoms with Gasteiger partial charge >= 0.3 is 0 Å². The Morgan fingerprint density at radius 3 is 2.69 bits per heavy atom. The Bertz CT molecular complexity index is 1010. The van der Waals surface area contributed by atoms with Crippen LogP contribution in [0, 0.1) is 6.92 Å². The number of nitrogens with one attached hydrogen (secondary N) is 1. The SMILES string of the molecule is C=CC(=O)NC1(C)CCN(S(=O)(=O)c2cccc(Oc3cncc(C)n3)c2)CC1. The number of aromatic nitrogens is 2. The lowest BCUT2D eigenvalue weighted by molar-refractivity contribution is -0.118. The monoisotopic (exact) mass is 416 g/mol. The molecule has 2 aromatic rings. The summed E-state index contributed by atoms with van der Waals surface area (Å²) in [5.41, 5.74) is 0.248. The molecule has 1 saturated heterocycles. The van der Waals surface area contributed by atoms with E-state index in [2.05, 4.69) is 21.9 Å². The highest BCUT2D eigenvalue weighted by atomic mass is 32.2. The summed E-state index contributed by atoms with van der Waals surface area (Å²) >= 11 is 0. The van der Waals surface area contributed by atoms with Gasteiger partial charge in [-0.25, -0.2) is 13.4 Å². The van der Waals surface area contributed by atoms with E-state index >= 15 is 0 Å². The van der Waals surface area contributed by atoms with Gasteiger partial charge in [0, 0.05) is 30.9 Å². The highest BCUT2D eigenvalue weighted by molar-refractivity contribution is 7.89. The van der Waals surface area contributed by atoms with Crippen molar-refractivity contribution >= 4 is 15.9 Å². The van der Waals surface area contributed by atoms with Gasteiger partial charge in [0.05, 0.1) is 16.8 Å². The molecular formula is C20H24N4O4S. The van der Waals surface area contributed by atoms with Crippen molar-refractivity contribution in [1.82, 2.24) is 19.6 Å². The summed E-state index contributed by atoms with van der Waals surface area (Å²) in [4.78, 5) is 20.0. The molecule has 0 unspecified atom stereocenters. The van der Waals surface area contributed by atoms with Crippen molar-refractivity contribution in [3.63, 3.8) is 0 Å². The van der Waals surface area contributed by atoms with E-state index in [0.717, 1.165) is 0 Å². The van der Waals surface area contributed by atoms with Crippen LogP contribution in [-0.2, 0) is 14.8 Å². The average Bonchev–Trinajstić information content (AvgIpc) is 2.68. The van der Waals surface area contributed by atoms with E-state index < -0.39 is 15.6 Å². The van der Waals surface area contributed by atoms with Crippen LogP contribution in [-0.4, -0.2) is 47.2 Å². The number of carbonyl (C=O) groups is 1. The standard InChI is InChI=1S/C20H24N4O4S/c1-4-18(25)23-20(3)8-10-24(11-9-20)29(26,27)17-7-5-6-16(12-17)28-19-14-21-13-15(2)22-19/h4-7,12-14H,1,8-11H2,2-3H3,(H,23,25). The third-order valence-corrected chi connectivity index (χ3v) is 6.73. The summed E-state index contributed by atoms with van der Waals surface area (Å²) in [7, 11) is -3.68. The Morgan fingerprint density at radius 2 is 2.03 bits per heavy atom. The molecular weight excluding hydrogens is 392 g/mol. The minimum Gasteiger partial charge on any atom is -0.437 e. The second-order valence-corrected chi connectivity index (χ2v) is 9.17. The number of amides is 1. The predicted octanol–water partition coefficient (Wildman–Crippen LogP) is 2.42. The number of benzene rings is 1. The Labute approximate surface area is 170 Å². The Kier molecular flexibility index (Phi) is 5.99. The summed E-state index contributed by atoms with van der Waals surface area (Å²) in [6.45, 7) is 7.78. The first-order valence-corrected chi connectivity index (χ1v) is 10.7. The third-order valence-electron chi connectivity index (χ3n) is 4.83. The molecule has 0 radical (unpaired) electrons. The number of carbonyl (C=O) groups excluding carboxylic acids is 1. The van der Waals surface area contributed by atoms with Crippen molar-refractivity contribution in [2.24, 2.45) is 0 Å². The number of nitrogens with zero attached hydrogens (tertiary/aromatic N) is 3. The van der Waals surface area contributed by atoms with Crippen LogP contribution >= 0.6 is 0 Å². The molecule has 1 aromatic carbocycles. The van der Waals surface area contributed by atoms with Gasteiger partial charge in [0.15, 0.2) is 0 Å². The van der Waals surface area contributed by atoms with Gasteiger partial charge in [-0.1, -0.05) is 12.6 Å². The number of hydrogen-bond acceptors (Lipinski definition) is 6. The van der Waals surface area contributed by atoms with Gasteiger partial charge in [-0.3, -0.25) is 9.78 Å². The molecule has 29 heavy (non-hydrogen) atoms. The van der Waals surface area contributed by atoms with Gasteiger partial charge in [0.1, 0.15) is 5.75 Å². The van der Waals surface area contributed by atoms with E-state index in [0.29, 0.717) is 43.3 Å². The van der Waals surface area contributed by atoms with E-state index in [-0.39, 0.29) is 10.8 Å². The van der Waals surface area contributed by atoms with Crippen LogP contribution < -0.4 is 10.1 Å². The van der Waals surface area contributed by atoms with Crippen molar-refractivity contribution in [2.45, 2.75) is 37.1 Å².